The first-order chi connectivity index (χ1) is 15.2. The molecule has 0 saturated carbocycles. The van der Waals surface area contributed by atoms with E-state index in [1.54, 1.807) is 13.8 Å². The molecule has 5 atom stereocenters. The summed E-state index contributed by atoms with van der Waals surface area (Å²) in [6.07, 6.45) is 6.24. The molecule has 0 aromatic heterocycles. The lowest BCUT2D eigenvalue weighted by molar-refractivity contribution is -0.130. The van der Waals surface area contributed by atoms with Crippen molar-refractivity contribution in [2.45, 2.75) is 104 Å². The Morgan fingerprint density at radius 3 is 2.66 bits per heavy atom. The molecule has 8 nitrogen and oxygen atoms in total. The van der Waals surface area contributed by atoms with Crippen molar-refractivity contribution in [1.82, 2.24) is 16.0 Å². The Morgan fingerprint density at radius 1 is 1.19 bits per heavy atom. The highest BCUT2D eigenvalue weighted by atomic mass is 16.5. The number of unbranched alkanes of at least 4 members (excludes halogenated alkanes) is 1. The van der Waals surface area contributed by atoms with Crippen molar-refractivity contribution in [2.75, 3.05) is 19.8 Å². The van der Waals surface area contributed by atoms with E-state index in [0.717, 1.165) is 38.5 Å². The largest absolute Gasteiger partial charge is 0.391 e. The summed E-state index contributed by atoms with van der Waals surface area (Å²) in [6, 6.07) is -1.19. The monoisotopic (exact) mass is 455 g/mol. The number of amides is 3. The normalized spacial score (nSPS) is 26.5. The third-order valence-electron chi connectivity index (χ3n) is 6.05. The van der Waals surface area contributed by atoms with Crippen LogP contribution in [0.5, 0.6) is 0 Å². The van der Waals surface area contributed by atoms with Gasteiger partial charge in [-0.05, 0) is 38.5 Å². The van der Waals surface area contributed by atoms with Crippen LogP contribution in [0.4, 0.5) is 0 Å². The SMILES string of the molecule is CCCCNC(=O)C(C)CC(O)[C@@H]1C[C@H](C)CCCCCOCCC(=O)N[C@@H](C)C(=O)N1. The van der Waals surface area contributed by atoms with E-state index in [2.05, 4.69) is 29.8 Å². The van der Waals surface area contributed by atoms with Gasteiger partial charge >= 0.3 is 0 Å². The van der Waals surface area contributed by atoms with Crippen LogP contribution in [0.15, 0.2) is 0 Å². The standard InChI is InChI=1S/C24H45N3O5/c1-5-6-12-25-23(30)18(3)16-21(28)20-15-17(2)10-8-7-9-13-32-14-11-22(29)26-19(4)24(31)27-20/h17-21,28H,5-16H2,1-4H3,(H,25,30)(H,26,29)(H,27,31)/t17-,18?,19+,20+,21?/m1/s1. The first-order valence-electron chi connectivity index (χ1n) is 12.4. The van der Waals surface area contributed by atoms with Crippen LogP contribution in [0.25, 0.3) is 0 Å². The van der Waals surface area contributed by atoms with Crippen LogP contribution in [0.3, 0.4) is 0 Å². The molecule has 0 aromatic rings. The number of aliphatic hydroxyl groups is 1. The first kappa shape index (κ1) is 28.4. The predicted molar refractivity (Wildman–Crippen MR) is 125 cm³/mol. The number of carbonyl (C=O) groups excluding carboxylic acids is 3. The van der Waals surface area contributed by atoms with Crippen LogP contribution in [0.1, 0.15) is 85.5 Å². The molecule has 0 aliphatic carbocycles. The Balaban J connectivity index is 2.79. The van der Waals surface area contributed by atoms with Crippen molar-refractivity contribution in [2.24, 2.45) is 11.8 Å². The Morgan fingerprint density at radius 2 is 1.94 bits per heavy atom. The fourth-order valence-corrected chi connectivity index (χ4v) is 3.89. The fraction of sp³-hybridized carbons (Fsp3) is 0.875. The maximum Gasteiger partial charge on any atom is 0.242 e. The minimum absolute atomic E-state index is 0.0760. The Kier molecular flexibility index (Phi) is 14.2. The first-order valence-corrected chi connectivity index (χ1v) is 12.4. The molecule has 0 radical (unpaired) electrons. The van der Waals surface area contributed by atoms with E-state index < -0.39 is 18.2 Å². The summed E-state index contributed by atoms with van der Waals surface area (Å²) >= 11 is 0. The van der Waals surface area contributed by atoms with Gasteiger partial charge in [-0.3, -0.25) is 14.4 Å². The van der Waals surface area contributed by atoms with Crippen LogP contribution in [-0.2, 0) is 19.1 Å². The zero-order valence-corrected chi connectivity index (χ0v) is 20.5. The third kappa shape index (κ3) is 11.8. The van der Waals surface area contributed by atoms with Crippen LogP contribution in [-0.4, -0.2) is 60.8 Å². The van der Waals surface area contributed by atoms with Crippen LogP contribution < -0.4 is 16.0 Å². The molecule has 32 heavy (non-hydrogen) atoms. The van der Waals surface area contributed by atoms with Gasteiger partial charge in [0.15, 0.2) is 0 Å². The minimum Gasteiger partial charge on any atom is -0.391 e. The molecular weight excluding hydrogens is 410 g/mol. The van der Waals surface area contributed by atoms with Crippen LogP contribution >= 0.6 is 0 Å². The van der Waals surface area contributed by atoms with E-state index >= 15 is 0 Å². The highest BCUT2D eigenvalue weighted by Crippen LogP contribution is 2.20. The molecule has 8 heteroatoms. The van der Waals surface area contributed by atoms with Crippen molar-refractivity contribution in [3.8, 4) is 0 Å². The smallest absolute Gasteiger partial charge is 0.242 e. The molecule has 3 amide bonds. The lowest BCUT2D eigenvalue weighted by Crippen LogP contribution is -2.52. The maximum atomic E-state index is 12.7. The van der Waals surface area contributed by atoms with Crippen molar-refractivity contribution in [3.63, 3.8) is 0 Å². The average molecular weight is 456 g/mol. The van der Waals surface area contributed by atoms with Crippen molar-refractivity contribution < 1.29 is 24.2 Å². The summed E-state index contributed by atoms with van der Waals surface area (Å²) < 4.78 is 5.50. The summed E-state index contributed by atoms with van der Waals surface area (Å²) in [6.45, 7) is 9.24. The topological polar surface area (TPSA) is 117 Å². The second kappa shape index (κ2) is 16.0. The molecule has 1 aliphatic rings. The lowest BCUT2D eigenvalue weighted by Gasteiger charge is -2.29. The van der Waals surface area contributed by atoms with Crippen molar-refractivity contribution in [3.05, 3.63) is 0 Å². The highest BCUT2D eigenvalue weighted by molar-refractivity contribution is 5.87. The minimum atomic E-state index is -0.844. The number of rotatable bonds is 7. The predicted octanol–water partition coefficient (Wildman–Crippen LogP) is 2.29. The quantitative estimate of drug-likeness (QED) is 0.440. The molecule has 186 valence electrons. The highest BCUT2D eigenvalue weighted by Gasteiger charge is 2.28. The van der Waals surface area contributed by atoms with Gasteiger partial charge in [0, 0.05) is 25.5 Å². The number of aliphatic hydroxyl groups excluding tert-OH is 1. The van der Waals surface area contributed by atoms with Gasteiger partial charge in [0.2, 0.25) is 17.7 Å². The van der Waals surface area contributed by atoms with Crippen LogP contribution in [0.2, 0.25) is 0 Å². The summed E-state index contributed by atoms with van der Waals surface area (Å²) in [4.78, 5) is 37.1. The van der Waals surface area contributed by atoms with E-state index in [1.807, 2.05) is 0 Å². The van der Waals surface area contributed by atoms with E-state index in [9.17, 15) is 19.5 Å². The summed E-state index contributed by atoms with van der Waals surface area (Å²) in [5, 5.41) is 19.5. The van der Waals surface area contributed by atoms with E-state index in [1.165, 1.54) is 0 Å². The number of hydrogen-bond acceptors (Lipinski definition) is 5. The maximum absolute atomic E-state index is 12.7. The fourth-order valence-electron chi connectivity index (χ4n) is 3.89. The molecule has 0 spiro atoms. The van der Waals surface area contributed by atoms with E-state index in [-0.39, 0.29) is 36.5 Å². The van der Waals surface area contributed by atoms with E-state index in [4.69, 9.17) is 4.74 Å². The van der Waals surface area contributed by atoms with Gasteiger partial charge in [0.1, 0.15) is 6.04 Å². The average Bonchev–Trinajstić information content (AvgIpc) is 2.74. The number of nitrogens with one attached hydrogen (secondary N) is 3. The number of hydrogen-bond donors (Lipinski definition) is 4. The van der Waals surface area contributed by atoms with Gasteiger partial charge in [-0.15, -0.1) is 0 Å². The van der Waals surface area contributed by atoms with Gasteiger partial charge in [0.05, 0.1) is 18.8 Å². The van der Waals surface area contributed by atoms with Gasteiger partial charge < -0.3 is 25.8 Å². The molecule has 1 fully saturated rings. The van der Waals surface area contributed by atoms with Gasteiger partial charge in [0.25, 0.3) is 0 Å². The van der Waals surface area contributed by atoms with Gasteiger partial charge in [-0.1, -0.05) is 46.5 Å². The summed E-state index contributed by atoms with van der Waals surface area (Å²) in [5.41, 5.74) is 0. The van der Waals surface area contributed by atoms with E-state index in [0.29, 0.717) is 32.1 Å². The number of carbonyl (C=O) groups is 3. The molecule has 0 aromatic carbocycles. The Labute approximate surface area is 193 Å². The van der Waals surface area contributed by atoms with Gasteiger partial charge in [-0.2, -0.15) is 0 Å². The molecule has 1 rings (SSSR count). The Bertz CT molecular complexity index is 572. The molecule has 2 unspecified atom stereocenters. The van der Waals surface area contributed by atoms with Crippen molar-refractivity contribution >= 4 is 17.7 Å². The molecule has 1 heterocycles. The molecule has 0 bridgehead atoms. The zero-order valence-electron chi connectivity index (χ0n) is 20.5. The van der Waals surface area contributed by atoms with Gasteiger partial charge in [-0.25, -0.2) is 0 Å². The lowest BCUT2D eigenvalue weighted by atomic mass is 9.89. The molecule has 1 saturated heterocycles. The van der Waals surface area contributed by atoms with Crippen LogP contribution in [0, 0.1) is 11.8 Å². The summed E-state index contributed by atoms with van der Waals surface area (Å²) in [5.74, 6) is -0.688. The number of ether oxygens (including phenoxy) is 1. The zero-order chi connectivity index (χ0) is 23.9. The molecule has 4 N–H and O–H groups in total. The third-order valence-corrected chi connectivity index (χ3v) is 6.05. The second-order valence-corrected chi connectivity index (χ2v) is 9.31. The molecule has 1 aliphatic heterocycles. The second-order valence-electron chi connectivity index (χ2n) is 9.31. The Hall–Kier alpha value is -1.67. The molecular formula is C24H45N3O5. The summed E-state index contributed by atoms with van der Waals surface area (Å²) in [7, 11) is 0. The van der Waals surface area contributed by atoms with Crippen molar-refractivity contribution in [1.29, 1.82) is 0 Å².